The number of nitrogens with one attached hydrogen (secondary N) is 1. The molecule has 2 rings (SSSR count). The Kier molecular flexibility index (Phi) is 3.11. The van der Waals surface area contributed by atoms with Crippen LogP contribution in [0.15, 0.2) is 18.2 Å². The third kappa shape index (κ3) is 2.42. The summed E-state index contributed by atoms with van der Waals surface area (Å²) in [6.45, 7) is 6.63. The standard InChI is InChI=1S/C12H17NO2/c1-3-14-10-4-5-12(9(2)6-10)15-11-7-13-8-11/h4-6,11,13H,3,7-8H2,1-2H3. The Morgan fingerprint density at radius 1 is 1.40 bits per heavy atom. The number of benzene rings is 1. The minimum Gasteiger partial charge on any atom is -0.494 e. The molecule has 3 nitrogen and oxygen atoms in total. The molecule has 0 unspecified atom stereocenters. The van der Waals surface area contributed by atoms with Crippen LogP contribution in [0.3, 0.4) is 0 Å². The quantitative estimate of drug-likeness (QED) is 0.815. The molecule has 1 aliphatic heterocycles. The summed E-state index contributed by atoms with van der Waals surface area (Å²) >= 11 is 0. The van der Waals surface area contributed by atoms with E-state index in [2.05, 4.69) is 5.32 Å². The van der Waals surface area contributed by atoms with E-state index in [0.29, 0.717) is 12.7 Å². The molecule has 0 saturated carbocycles. The second-order valence-electron chi connectivity index (χ2n) is 3.76. The van der Waals surface area contributed by atoms with Crippen molar-refractivity contribution >= 4 is 0 Å². The van der Waals surface area contributed by atoms with Crippen LogP contribution in [0.4, 0.5) is 0 Å². The van der Waals surface area contributed by atoms with Gasteiger partial charge in [-0.2, -0.15) is 0 Å². The predicted molar refractivity (Wildman–Crippen MR) is 59.6 cm³/mol. The molecule has 0 atom stereocenters. The van der Waals surface area contributed by atoms with Gasteiger partial charge in [0.2, 0.25) is 0 Å². The maximum Gasteiger partial charge on any atom is 0.123 e. The van der Waals surface area contributed by atoms with Gasteiger partial charge in [-0.3, -0.25) is 0 Å². The van der Waals surface area contributed by atoms with Crippen molar-refractivity contribution in [2.75, 3.05) is 19.7 Å². The first-order valence-electron chi connectivity index (χ1n) is 5.40. The summed E-state index contributed by atoms with van der Waals surface area (Å²) in [5.41, 5.74) is 1.13. The van der Waals surface area contributed by atoms with Crippen molar-refractivity contribution in [1.82, 2.24) is 5.32 Å². The van der Waals surface area contributed by atoms with Crippen molar-refractivity contribution < 1.29 is 9.47 Å². The third-order valence-electron chi connectivity index (χ3n) is 2.50. The van der Waals surface area contributed by atoms with Gasteiger partial charge in [0, 0.05) is 13.1 Å². The summed E-state index contributed by atoms with van der Waals surface area (Å²) in [7, 11) is 0. The van der Waals surface area contributed by atoms with Gasteiger partial charge in [0.15, 0.2) is 0 Å². The fourth-order valence-electron chi connectivity index (χ4n) is 1.54. The zero-order chi connectivity index (χ0) is 10.7. The molecule has 0 aromatic heterocycles. The number of aryl methyl sites for hydroxylation is 1. The molecule has 82 valence electrons. The zero-order valence-electron chi connectivity index (χ0n) is 9.25. The van der Waals surface area contributed by atoms with E-state index < -0.39 is 0 Å². The lowest BCUT2D eigenvalue weighted by molar-refractivity contribution is 0.141. The molecule has 0 radical (unpaired) electrons. The zero-order valence-corrected chi connectivity index (χ0v) is 9.25. The monoisotopic (exact) mass is 207 g/mol. The first-order chi connectivity index (χ1) is 7.29. The fourth-order valence-corrected chi connectivity index (χ4v) is 1.54. The Bertz CT molecular complexity index is 334. The summed E-state index contributed by atoms with van der Waals surface area (Å²) in [5.74, 6) is 1.87. The van der Waals surface area contributed by atoms with Gasteiger partial charge in [-0.25, -0.2) is 0 Å². The second kappa shape index (κ2) is 4.53. The van der Waals surface area contributed by atoms with Crippen molar-refractivity contribution in [3.8, 4) is 11.5 Å². The Balaban J connectivity index is 2.04. The van der Waals surface area contributed by atoms with E-state index in [1.54, 1.807) is 0 Å². The second-order valence-corrected chi connectivity index (χ2v) is 3.76. The summed E-state index contributed by atoms with van der Waals surface area (Å²) in [5, 5.41) is 3.18. The lowest BCUT2D eigenvalue weighted by Crippen LogP contribution is -2.50. The highest BCUT2D eigenvalue weighted by molar-refractivity contribution is 5.39. The molecule has 1 aromatic rings. The molecule has 15 heavy (non-hydrogen) atoms. The van der Waals surface area contributed by atoms with E-state index in [9.17, 15) is 0 Å². The van der Waals surface area contributed by atoms with Crippen LogP contribution < -0.4 is 14.8 Å². The molecular weight excluding hydrogens is 190 g/mol. The molecule has 0 amide bonds. The van der Waals surface area contributed by atoms with Crippen molar-refractivity contribution in [1.29, 1.82) is 0 Å². The average Bonchev–Trinajstić information content (AvgIpc) is 2.14. The highest BCUT2D eigenvalue weighted by Gasteiger charge is 2.18. The number of hydrogen-bond acceptors (Lipinski definition) is 3. The van der Waals surface area contributed by atoms with Gasteiger partial charge in [0.1, 0.15) is 17.6 Å². The van der Waals surface area contributed by atoms with E-state index in [1.807, 2.05) is 32.0 Å². The first kappa shape index (κ1) is 10.3. The molecule has 1 heterocycles. The summed E-state index contributed by atoms with van der Waals surface area (Å²) in [6, 6.07) is 5.96. The first-order valence-corrected chi connectivity index (χ1v) is 5.40. The molecule has 1 saturated heterocycles. The van der Waals surface area contributed by atoms with Crippen LogP contribution in [0.1, 0.15) is 12.5 Å². The van der Waals surface area contributed by atoms with Crippen LogP contribution in [-0.4, -0.2) is 25.8 Å². The van der Waals surface area contributed by atoms with Gasteiger partial charge in [-0.1, -0.05) is 0 Å². The number of rotatable bonds is 4. The number of ether oxygens (including phenoxy) is 2. The highest BCUT2D eigenvalue weighted by Crippen LogP contribution is 2.24. The lowest BCUT2D eigenvalue weighted by atomic mass is 10.2. The van der Waals surface area contributed by atoms with Gasteiger partial charge < -0.3 is 14.8 Å². The molecular formula is C12H17NO2. The number of hydrogen-bond donors (Lipinski definition) is 1. The third-order valence-corrected chi connectivity index (χ3v) is 2.50. The van der Waals surface area contributed by atoms with Crippen LogP contribution in [0.5, 0.6) is 11.5 Å². The van der Waals surface area contributed by atoms with Crippen molar-refractivity contribution in [3.63, 3.8) is 0 Å². The molecule has 1 fully saturated rings. The van der Waals surface area contributed by atoms with Crippen molar-refractivity contribution in [2.45, 2.75) is 20.0 Å². The molecule has 1 aliphatic rings. The van der Waals surface area contributed by atoms with E-state index in [0.717, 1.165) is 30.2 Å². The van der Waals surface area contributed by atoms with Gasteiger partial charge in [0.05, 0.1) is 6.61 Å². The van der Waals surface area contributed by atoms with Gasteiger partial charge in [-0.15, -0.1) is 0 Å². The van der Waals surface area contributed by atoms with Crippen LogP contribution in [-0.2, 0) is 0 Å². The maximum absolute atomic E-state index is 5.80. The Labute approximate surface area is 90.4 Å². The van der Waals surface area contributed by atoms with Crippen molar-refractivity contribution in [2.24, 2.45) is 0 Å². The Hall–Kier alpha value is -1.22. The normalized spacial score (nSPS) is 15.9. The van der Waals surface area contributed by atoms with E-state index in [4.69, 9.17) is 9.47 Å². The molecule has 1 aromatic carbocycles. The van der Waals surface area contributed by atoms with E-state index in [1.165, 1.54) is 0 Å². The minimum absolute atomic E-state index is 0.335. The summed E-state index contributed by atoms with van der Waals surface area (Å²) in [4.78, 5) is 0. The van der Waals surface area contributed by atoms with Gasteiger partial charge in [0.25, 0.3) is 0 Å². The summed E-state index contributed by atoms with van der Waals surface area (Å²) in [6.07, 6.45) is 0.335. The minimum atomic E-state index is 0.335. The van der Waals surface area contributed by atoms with Crippen LogP contribution >= 0.6 is 0 Å². The van der Waals surface area contributed by atoms with E-state index >= 15 is 0 Å². The van der Waals surface area contributed by atoms with Crippen LogP contribution in [0.2, 0.25) is 0 Å². The highest BCUT2D eigenvalue weighted by atomic mass is 16.5. The Morgan fingerprint density at radius 3 is 2.73 bits per heavy atom. The molecule has 0 aliphatic carbocycles. The fraction of sp³-hybridized carbons (Fsp3) is 0.500. The van der Waals surface area contributed by atoms with Crippen molar-refractivity contribution in [3.05, 3.63) is 23.8 Å². The lowest BCUT2D eigenvalue weighted by Gasteiger charge is -2.28. The van der Waals surface area contributed by atoms with Crippen LogP contribution in [0.25, 0.3) is 0 Å². The smallest absolute Gasteiger partial charge is 0.123 e. The average molecular weight is 207 g/mol. The molecule has 0 spiro atoms. The Morgan fingerprint density at radius 2 is 2.20 bits per heavy atom. The van der Waals surface area contributed by atoms with Gasteiger partial charge in [-0.05, 0) is 37.6 Å². The van der Waals surface area contributed by atoms with Gasteiger partial charge >= 0.3 is 0 Å². The SMILES string of the molecule is CCOc1ccc(OC2CNC2)c(C)c1. The van der Waals surface area contributed by atoms with E-state index in [-0.39, 0.29) is 0 Å². The van der Waals surface area contributed by atoms with Crippen LogP contribution in [0, 0.1) is 6.92 Å². The largest absolute Gasteiger partial charge is 0.494 e. The molecule has 1 N–H and O–H groups in total. The topological polar surface area (TPSA) is 30.5 Å². The summed E-state index contributed by atoms with van der Waals surface area (Å²) < 4.78 is 11.2. The molecule has 3 heteroatoms. The molecule has 0 bridgehead atoms. The maximum atomic E-state index is 5.80. The predicted octanol–water partition coefficient (Wildman–Crippen LogP) is 1.74.